The van der Waals surface area contributed by atoms with Crippen molar-refractivity contribution in [2.24, 2.45) is 0 Å². The van der Waals surface area contributed by atoms with Crippen molar-refractivity contribution in [1.29, 1.82) is 0 Å². The number of carbonyl (C=O) groups is 2. The van der Waals surface area contributed by atoms with Crippen molar-refractivity contribution in [3.05, 3.63) is 35.2 Å². The van der Waals surface area contributed by atoms with Gasteiger partial charge in [0, 0.05) is 23.1 Å². The Balaban J connectivity index is 1.65. The Morgan fingerprint density at radius 2 is 2.08 bits per heavy atom. The van der Waals surface area contributed by atoms with Crippen molar-refractivity contribution in [3.63, 3.8) is 0 Å². The first-order valence-corrected chi connectivity index (χ1v) is 8.74. The van der Waals surface area contributed by atoms with Crippen LogP contribution in [0.4, 0.5) is 5.69 Å². The number of hydrogen-bond acceptors (Lipinski definition) is 6. The second kappa shape index (κ2) is 6.39. The lowest BCUT2D eigenvalue weighted by molar-refractivity contribution is -0.116. The molecule has 2 heterocycles. The van der Waals surface area contributed by atoms with Crippen LogP contribution in [0, 0.1) is 0 Å². The quantitative estimate of drug-likeness (QED) is 0.676. The topological polar surface area (TPSA) is 85.1 Å². The summed E-state index contributed by atoms with van der Waals surface area (Å²) >= 11 is 1.24. The van der Waals surface area contributed by atoms with Gasteiger partial charge in [-0.05, 0) is 30.2 Å². The number of ketones is 1. The minimum atomic E-state index is -0.210. The number of hydrogen-bond donors (Lipinski definition) is 1. The summed E-state index contributed by atoms with van der Waals surface area (Å²) in [7, 11) is 0. The van der Waals surface area contributed by atoms with Gasteiger partial charge in [-0.25, -0.2) is 0 Å². The molecule has 0 spiro atoms. The molecule has 6 nitrogen and oxygen atoms in total. The van der Waals surface area contributed by atoms with Gasteiger partial charge in [-0.1, -0.05) is 32.5 Å². The van der Waals surface area contributed by atoms with E-state index in [1.54, 1.807) is 12.1 Å². The summed E-state index contributed by atoms with van der Waals surface area (Å²) in [5.41, 5.74) is 2.21. The van der Waals surface area contributed by atoms with Crippen molar-refractivity contribution in [3.8, 4) is 0 Å². The highest BCUT2D eigenvalue weighted by Crippen LogP contribution is 2.27. The van der Waals surface area contributed by atoms with Crippen LogP contribution in [0.15, 0.2) is 27.8 Å². The molecule has 2 aromatic rings. The predicted octanol–water partition coefficient (Wildman–Crippen LogP) is 3.23. The number of thioether (sulfide) groups is 1. The third kappa shape index (κ3) is 3.67. The first-order chi connectivity index (χ1) is 11.3. The molecule has 3 rings (SSSR count). The largest absolute Gasteiger partial charge is 0.415 e. The normalized spacial score (nSPS) is 14.2. The lowest BCUT2D eigenvalue weighted by Crippen LogP contribution is -2.19. The average Bonchev–Trinajstić information content (AvgIpc) is 3.01. The molecule has 0 saturated carbocycles. The van der Waals surface area contributed by atoms with Crippen LogP contribution in [-0.2, 0) is 16.6 Å². The number of nitrogens with one attached hydrogen (secondary N) is 1. The zero-order chi connectivity index (χ0) is 17.3. The van der Waals surface area contributed by atoms with Crippen LogP contribution in [0.25, 0.3) is 0 Å². The Kier molecular flexibility index (Phi) is 4.45. The number of anilines is 1. The van der Waals surface area contributed by atoms with Gasteiger partial charge < -0.3 is 9.73 Å². The number of carbonyl (C=O) groups excluding carboxylic acids is 2. The van der Waals surface area contributed by atoms with Crippen LogP contribution in [0.3, 0.4) is 0 Å². The molecular weight excluding hydrogens is 326 g/mol. The van der Waals surface area contributed by atoms with Crippen molar-refractivity contribution >= 4 is 29.1 Å². The minimum Gasteiger partial charge on any atom is -0.415 e. The van der Waals surface area contributed by atoms with E-state index in [1.165, 1.54) is 11.8 Å². The number of aromatic nitrogens is 2. The van der Waals surface area contributed by atoms with Gasteiger partial charge in [0.2, 0.25) is 11.8 Å². The molecule has 1 amide bonds. The first kappa shape index (κ1) is 16.7. The second-order valence-corrected chi connectivity index (χ2v) is 7.68. The third-order valence-electron chi connectivity index (χ3n) is 3.70. The number of amides is 1. The maximum atomic E-state index is 12.4. The van der Waals surface area contributed by atoms with Crippen molar-refractivity contribution in [1.82, 2.24) is 10.2 Å². The molecule has 1 N–H and O–H groups in total. The SMILES string of the molecule is CC(C)(C)c1nnc(SCC(=O)c2ccc3c(c2)CCC(=O)N3)o1. The smallest absolute Gasteiger partial charge is 0.277 e. The molecule has 0 radical (unpaired) electrons. The number of fused-ring (bicyclic) bond motifs is 1. The molecule has 24 heavy (non-hydrogen) atoms. The van der Waals surface area contributed by atoms with Crippen LogP contribution in [-0.4, -0.2) is 27.6 Å². The Bertz CT molecular complexity index is 793. The van der Waals surface area contributed by atoms with Gasteiger partial charge in [0.1, 0.15) is 0 Å². The van der Waals surface area contributed by atoms with Crippen LogP contribution < -0.4 is 5.32 Å². The van der Waals surface area contributed by atoms with Crippen molar-refractivity contribution in [2.75, 3.05) is 11.1 Å². The van der Waals surface area contributed by atoms with E-state index in [2.05, 4.69) is 15.5 Å². The van der Waals surface area contributed by atoms with Gasteiger partial charge in [0.05, 0.1) is 5.75 Å². The van der Waals surface area contributed by atoms with E-state index in [0.29, 0.717) is 29.5 Å². The Morgan fingerprint density at radius 3 is 2.79 bits per heavy atom. The molecule has 0 unspecified atom stereocenters. The molecule has 1 aliphatic heterocycles. The van der Waals surface area contributed by atoms with Crippen molar-refractivity contribution < 1.29 is 14.0 Å². The number of Topliss-reactive ketones (excluding diaryl/α,β-unsaturated/α-hetero) is 1. The fourth-order valence-corrected chi connectivity index (χ4v) is 3.00. The third-order valence-corrected chi connectivity index (χ3v) is 4.52. The molecule has 1 aliphatic rings. The predicted molar refractivity (Wildman–Crippen MR) is 91.4 cm³/mol. The van der Waals surface area contributed by atoms with Gasteiger partial charge in [0.25, 0.3) is 5.22 Å². The van der Waals surface area contributed by atoms with Gasteiger partial charge in [-0.15, -0.1) is 10.2 Å². The van der Waals surface area contributed by atoms with Crippen LogP contribution in [0.5, 0.6) is 0 Å². The van der Waals surface area contributed by atoms with Gasteiger partial charge in [-0.2, -0.15) is 0 Å². The zero-order valence-electron chi connectivity index (χ0n) is 13.9. The number of benzene rings is 1. The lowest BCUT2D eigenvalue weighted by atomic mass is 9.97. The Hall–Kier alpha value is -2.15. The summed E-state index contributed by atoms with van der Waals surface area (Å²) in [6, 6.07) is 5.38. The van der Waals surface area contributed by atoms with Gasteiger partial charge in [-0.3, -0.25) is 9.59 Å². The van der Waals surface area contributed by atoms with Crippen LogP contribution in [0.1, 0.15) is 49.0 Å². The Labute approximate surface area is 144 Å². The van der Waals surface area contributed by atoms with E-state index in [1.807, 2.05) is 26.8 Å². The summed E-state index contributed by atoms with van der Waals surface area (Å²) in [5, 5.41) is 11.2. The summed E-state index contributed by atoms with van der Waals surface area (Å²) in [5.74, 6) is 0.803. The lowest BCUT2D eigenvalue weighted by Gasteiger charge is -2.17. The minimum absolute atomic E-state index is 0.00444. The standard InChI is InChI=1S/C17H19N3O3S/c1-17(2,3)15-19-20-16(23-15)24-9-13(21)11-4-6-12-10(8-11)5-7-14(22)18-12/h4,6,8H,5,7,9H2,1-3H3,(H,18,22). The average molecular weight is 345 g/mol. The molecule has 0 aliphatic carbocycles. The van der Waals surface area contributed by atoms with Crippen molar-refractivity contribution in [2.45, 2.75) is 44.3 Å². The van der Waals surface area contributed by atoms with E-state index in [-0.39, 0.29) is 22.9 Å². The number of rotatable bonds is 4. The van der Waals surface area contributed by atoms with E-state index < -0.39 is 0 Å². The second-order valence-electron chi connectivity index (χ2n) is 6.76. The van der Waals surface area contributed by atoms with E-state index in [0.717, 1.165) is 11.3 Å². The molecular formula is C17H19N3O3S. The molecule has 126 valence electrons. The number of nitrogens with zero attached hydrogens (tertiary/aromatic N) is 2. The Morgan fingerprint density at radius 1 is 1.29 bits per heavy atom. The molecule has 1 aromatic heterocycles. The number of aryl methyl sites for hydroxylation is 1. The maximum absolute atomic E-state index is 12.4. The van der Waals surface area contributed by atoms with E-state index in [4.69, 9.17) is 4.42 Å². The molecule has 0 bridgehead atoms. The maximum Gasteiger partial charge on any atom is 0.277 e. The van der Waals surface area contributed by atoms with Gasteiger partial charge in [0.15, 0.2) is 5.78 Å². The highest BCUT2D eigenvalue weighted by Gasteiger charge is 2.22. The summed E-state index contributed by atoms with van der Waals surface area (Å²) in [6.45, 7) is 5.98. The fraction of sp³-hybridized carbons (Fsp3) is 0.412. The summed E-state index contributed by atoms with van der Waals surface area (Å²) in [4.78, 5) is 23.7. The molecule has 0 saturated heterocycles. The summed E-state index contributed by atoms with van der Waals surface area (Å²) in [6.07, 6.45) is 1.12. The van der Waals surface area contributed by atoms with E-state index in [9.17, 15) is 9.59 Å². The molecule has 0 atom stereocenters. The fourth-order valence-electron chi connectivity index (χ4n) is 2.34. The molecule has 1 aromatic carbocycles. The highest BCUT2D eigenvalue weighted by atomic mass is 32.2. The zero-order valence-corrected chi connectivity index (χ0v) is 14.7. The van der Waals surface area contributed by atoms with Crippen LogP contribution in [0.2, 0.25) is 0 Å². The monoisotopic (exact) mass is 345 g/mol. The highest BCUT2D eigenvalue weighted by molar-refractivity contribution is 7.99. The van der Waals surface area contributed by atoms with E-state index >= 15 is 0 Å². The molecule has 0 fully saturated rings. The first-order valence-electron chi connectivity index (χ1n) is 7.76. The van der Waals surface area contributed by atoms with Crippen LogP contribution >= 0.6 is 11.8 Å². The summed E-state index contributed by atoms with van der Waals surface area (Å²) < 4.78 is 5.58. The van der Waals surface area contributed by atoms with Gasteiger partial charge >= 0.3 is 0 Å². The molecule has 7 heteroatoms.